The minimum atomic E-state index is -1.34. The minimum absolute atomic E-state index is 0.00467. The van der Waals surface area contributed by atoms with Crippen molar-refractivity contribution in [3.05, 3.63) is 95.6 Å². The SMILES string of the molecule is CO[C@H]([C@@H](C)C(=O)C[C@@H](Cc1ccccc1)C(=O)OC(C)(C)C)[C@@H]1CCCN1C(=O)C[C@@H](OC)[C@H](C1CCCC1)N(C)C(=O)[C@@H](CC(=O)C(C)(C)NC(=O)OCC1c2ccccc2-c2ccccc21)C(C)C. The summed E-state index contributed by atoms with van der Waals surface area (Å²) >= 11 is 0. The van der Waals surface area contributed by atoms with Gasteiger partial charge in [-0.1, -0.05) is 112 Å². The van der Waals surface area contributed by atoms with Crippen LogP contribution in [0.4, 0.5) is 4.79 Å². The van der Waals surface area contributed by atoms with E-state index in [4.69, 9.17) is 18.9 Å². The molecule has 1 N–H and O–H groups in total. The number of carbonyl (C=O) groups excluding carboxylic acids is 6. The van der Waals surface area contributed by atoms with Crippen LogP contribution in [0.15, 0.2) is 78.9 Å². The highest BCUT2D eigenvalue weighted by Crippen LogP contribution is 2.45. The van der Waals surface area contributed by atoms with Crippen LogP contribution in [0.5, 0.6) is 0 Å². The Morgan fingerprint density at radius 3 is 1.92 bits per heavy atom. The molecule has 0 bridgehead atoms. The predicted molar refractivity (Wildman–Crippen MR) is 278 cm³/mol. The topological polar surface area (TPSA) is 158 Å². The number of Topliss-reactive ketones (excluding diaryl/α,β-unsaturated/α-hetero) is 2. The second-order valence-electron chi connectivity index (χ2n) is 22.4. The summed E-state index contributed by atoms with van der Waals surface area (Å²) in [5.74, 6) is -3.56. The zero-order valence-electron chi connectivity index (χ0n) is 44.7. The standard InChI is InChI=1S/C59H81N3O10/c1-37(2)46(34-51(64)59(7,8)60-57(68)71-36-47-44-28-19-17-26-42(44)43-27-18-20-29-45(43)47)55(66)61(9)53(40-24-15-16-25-40)50(69-10)35-52(65)62-31-21-30-48(62)54(70-11)38(3)49(63)33-41(56(67)72-58(4,5)6)32-39-22-13-12-14-23-39/h12-14,17-20,22-23,26-29,37-38,40-41,46-48,50,53-54H,15-16,21,24-25,30-36H2,1-11H3,(H,60,68)/t38-,41+,46-,48-,50+,53-,54+/m0/s1. The number of hydrogen-bond donors (Lipinski definition) is 1. The summed E-state index contributed by atoms with van der Waals surface area (Å²) in [6.07, 6.45) is 3.31. The number of ketones is 2. The van der Waals surface area contributed by atoms with Gasteiger partial charge in [0, 0.05) is 58.4 Å². The minimum Gasteiger partial charge on any atom is -0.460 e. The Morgan fingerprint density at radius 2 is 1.35 bits per heavy atom. The monoisotopic (exact) mass is 992 g/mol. The molecule has 72 heavy (non-hydrogen) atoms. The number of rotatable bonds is 23. The molecule has 3 amide bonds. The van der Waals surface area contributed by atoms with Gasteiger partial charge in [-0.05, 0) is 106 Å². The molecular formula is C59H81N3O10. The molecule has 0 radical (unpaired) electrons. The first-order valence-electron chi connectivity index (χ1n) is 26.2. The molecule has 7 atom stereocenters. The van der Waals surface area contributed by atoms with Crippen molar-refractivity contribution in [1.82, 2.24) is 15.1 Å². The van der Waals surface area contributed by atoms with Crippen molar-refractivity contribution in [3.63, 3.8) is 0 Å². The number of fused-ring (bicyclic) bond motifs is 3. The van der Waals surface area contributed by atoms with Crippen LogP contribution < -0.4 is 5.32 Å². The number of carbonyl (C=O) groups is 6. The molecular weight excluding hydrogens is 911 g/mol. The van der Waals surface area contributed by atoms with Crippen LogP contribution in [-0.2, 0) is 49.3 Å². The lowest BCUT2D eigenvalue weighted by Gasteiger charge is -2.41. The van der Waals surface area contributed by atoms with E-state index in [1.807, 2.05) is 113 Å². The molecule has 0 unspecified atom stereocenters. The Kier molecular flexibility index (Phi) is 19.1. The Balaban J connectivity index is 1.11. The summed E-state index contributed by atoms with van der Waals surface area (Å²) in [5, 5.41) is 2.80. The third kappa shape index (κ3) is 13.6. The molecule has 0 spiro atoms. The summed E-state index contributed by atoms with van der Waals surface area (Å²) in [7, 11) is 4.90. The highest BCUT2D eigenvalue weighted by Gasteiger charge is 2.45. The molecule has 1 saturated carbocycles. The van der Waals surface area contributed by atoms with Crippen molar-refractivity contribution in [2.45, 2.75) is 161 Å². The largest absolute Gasteiger partial charge is 0.460 e. The molecule has 3 aromatic rings. The molecule has 1 aliphatic heterocycles. The van der Waals surface area contributed by atoms with Gasteiger partial charge in [0.05, 0.1) is 42.2 Å². The van der Waals surface area contributed by atoms with Gasteiger partial charge < -0.3 is 34.1 Å². The molecule has 13 nitrogen and oxygen atoms in total. The lowest BCUT2D eigenvalue weighted by molar-refractivity contribution is -0.161. The maximum Gasteiger partial charge on any atom is 0.407 e. The van der Waals surface area contributed by atoms with E-state index in [0.29, 0.717) is 19.4 Å². The van der Waals surface area contributed by atoms with Crippen LogP contribution in [-0.4, -0.2) is 115 Å². The maximum atomic E-state index is 14.8. The van der Waals surface area contributed by atoms with E-state index < -0.39 is 59.2 Å². The molecule has 6 rings (SSSR count). The number of methoxy groups -OCH3 is 2. The molecule has 2 fully saturated rings. The van der Waals surface area contributed by atoms with Crippen LogP contribution in [0.25, 0.3) is 11.1 Å². The van der Waals surface area contributed by atoms with Gasteiger partial charge in [0.1, 0.15) is 18.0 Å². The Morgan fingerprint density at radius 1 is 0.750 bits per heavy atom. The van der Waals surface area contributed by atoms with E-state index in [1.54, 1.807) is 40.0 Å². The van der Waals surface area contributed by atoms with Crippen molar-refractivity contribution < 1.29 is 47.7 Å². The third-order valence-corrected chi connectivity index (χ3v) is 15.5. The number of ether oxygens (including phenoxy) is 4. The number of nitrogens with one attached hydrogen (secondary N) is 1. The number of benzene rings is 3. The molecule has 13 heteroatoms. The van der Waals surface area contributed by atoms with Crippen LogP contribution in [0.3, 0.4) is 0 Å². The average Bonchev–Trinajstić information content (AvgIpc) is 4.12. The Labute approximate surface area is 428 Å². The highest BCUT2D eigenvalue weighted by molar-refractivity contribution is 5.94. The highest BCUT2D eigenvalue weighted by atomic mass is 16.6. The fourth-order valence-electron chi connectivity index (χ4n) is 11.5. The number of esters is 1. The van der Waals surface area contributed by atoms with Gasteiger partial charge in [0.15, 0.2) is 5.78 Å². The van der Waals surface area contributed by atoms with Gasteiger partial charge in [-0.25, -0.2) is 4.79 Å². The fourth-order valence-corrected chi connectivity index (χ4v) is 11.5. The predicted octanol–water partition coefficient (Wildman–Crippen LogP) is 9.76. The summed E-state index contributed by atoms with van der Waals surface area (Å²) < 4.78 is 23.9. The molecule has 2 aliphatic carbocycles. The fraction of sp³-hybridized carbons (Fsp3) is 0.593. The third-order valence-electron chi connectivity index (χ3n) is 15.5. The van der Waals surface area contributed by atoms with E-state index >= 15 is 0 Å². The Bertz CT molecular complexity index is 2310. The number of likely N-dealkylation sites (N-methyl/N-ethyl adjacent to an activating group) is 1. The number of nitrogens with zero attached hydrogens (tertiary/aromatic N) is 2. The van der Waals surface area contributed by atoms with Crippen LogP contribution >= 0.6 is 0 Å². The molecule has 3 aliphatic rings. The molecule has 3 aromatic carbocycles. The smallest absolute Gasteiger partial charge is 0.407 e. The van der Waals surface area contributed by atoms with Crippen LogP contribution in [0.2, 0.25) is 0 Å². The molecule has 392 valence electrons. The quantitative estimate of drug-likeness (QED) is 0.0908. The van der Waals surface area contributed by atoms with E-state index in [0.717, 1.165) is 59.9 Å². The lowest BCUT2D eigenvalue weighted by Crippen LogP contribution is -2.55. The second-order valence-corrected chi connectivity index (χ2v) is 22.4. The molecule has 1 heterocycles. The van der Waals surface area contributed by atoms with Gasteiger partial charge >= 0.3 is 12.1 Å². The van der Waals surface area contributed by atoms with Crippen molar-refractivity contribution >= 4 is 35.4 Å². The van der Waals surface area contributed by atoms with E-state index in [2.05, 4.69) is 17.4 Å². The van der Waals surface area contributed by atoms with Crippen molar-refractivity contribution in [2.24, 2.45) is 29.6 Å². The summed E-state index contributed by atoms with van der Waals surface area (Å²) in [6, 6.07) is 24.9. The van der Waals surface area contributed by atoms with Gasteiger partial charge in [-0.2, -0.15) is 0 Å². The summed E-state index contributed by atoms with van der Waals surface area (Å²) in [4.78, 5) is 88.2. The zero-order chi connectivity index (χ0) is 52.5. The van der Waals surface area contributed by atoms with Crippen molar-refractivity contribution in [1.29, 1.82) is 0 Å². The summed E-state index contributed by atoms with van der Waals surface area (Å²) in [5.41, 5.74) is 3.27. The first-order valence-corrected chi connectivity index (χ1v) is 26.2. The number of alkyl carbamates (subject to hydrolysis) is 1. The van der Waals surface area contributed by atoms with Crippen LogP contribution in [0.1, 0.15) is 136 Å². The first-order chi connectivity index (χ1) is 34.1. The summed E-state index contributed by atoms with van der Waals surface area (Å²) in [6.45, 7) is 15.0. The van der Waals surface area contributed by atoms with Gasteiger partial charge in [-0.3, -0.25) is 24.0 Å². The van der Waals surface area contributed by atoms with Gasteiger partial charge in [0.25, 0.3) is 0 Å². The van der Waals surface area contributed by atoms with Gasteiger partial charge in [0.2, 0.25) is 11.8 Å². The van der Waals surface area contributed by atoms with Gasteiger partial charge in [-0.15, -0.1) is 0 Å². The average molecular weight is 992 g/mol. The lowest BCUT2D eigenvalue weighted by atomic mass is 9.82. The normalized spacial score (nSPS) is 18.6. The number of hydrogen-bond acceptors (Lipinski definition) is 10. The zero-order valence-corrected chi connectivity index (χ0v) is 44.7. The maximum absolute atomic E-state index is 14.8. The van der Waals surface area contributed by atoms with E-state index in [-0.39, 0.29) is 73.0 Å². The number of amides is 3. The van der Waals surface area contributed by atoms with E-state index in [1.165, 1.54) is 0 Å². The van der Waals surface area contributed by atoms with Crippen molar-refractivity contribution in [2.75, 3.05) is 34.4 Å². The number of likely N-dealkylation sites (tertiary alicyclic amines) is 1. The molecule has 0 aromatic heterocycles. The van der Waals surface area contributed by atoms with Crippen LogP contribution in [0, 0.1) is 29.6 Å². The first kappa shape index (κ1) is 55.9. The van der Waals surface area contributed by atoms with Crippen molar-refractivity contribution in [3.8, 4) is 11.1 Å². The second kappa shape index (κ2) is 24.5. The molecule has 1 saturated heterocycles. The Hall–Kier alpha value is -5.40. The van der Waals surface area contributed by atoms with E-state index in [9.17, 15) is 28.8 Å².